The smallest absolute Gasteiger partial charge is 0.268 e. The zero-order chi connectivity index (χ0) is 33.5. The molecule has 0 aliphatic carbocycles. The fourth-order valence-corrected chi connectivity index (χ4v) is 9.84. The highest BCUT2D eigenvalue weighted by Gasteiger charge is 2.67. The number of carbonyl (C=O) groups is 2. The van der Waals surface area contributed by atoms with Gasteiger partial charge in [0.25, 0.3) is 11.8 Å². The predicted molar refractivity (Wildman–Crippen MR) is 178 cm³/mol. The average molecular weight is 658 g/mol. The van der Waals surface area contributed by atoms with Crippen LogP contribution in [0.5, 0.6) is 0 Å². The third-order valence-corrected chi connectivity index (χ3v) is 11.9. The molecule has 4 aromatic rings. The molecule has 1 saturated heterocycles. The lowest BCUT2D eigenvalue weighted by Crippen LogP contribution is -2.44. The summed E-state index contributed by atoms with van der Waals surface area (Å²) in [7, 11) is -3.43. The number of benzene rings is 3. The van der Waals surface area contributed by atoms with Crippen molar-refractivity contribution in [1.82, 2.24) is 15.0 Å². The first kappa shape index (κ1) is 32.7. The first-order valence-corrected chi connectivity index (χ1v) is 18.9. The van der Waals surface area contributed by atoms with Crippen molar-refractivity contribution in [2.24, 2.45) is 5.92 Å². The van der Waals surface area contributed by atoms with E-state index in [2.05, 4.69) is 15.6 Å². The number of para-hydroxylation sites is 1. The van der Waals surface area contributed by atoms with Crippen molar-refractivity contribution in [2.45, 2.75) is 69.2 Å². The third kappa shape index (κ3) is 5.90. The number of anilines is 3. The van der Waals surface area contributed by atoms with Gasteiger partial charge in [-0.3, -0.25) is 19.2 Å². The van der Waals surface area contributed by atoms with E-state index in [9.17, 15) is 19.8 Å². The van der Waals surface area contributed by atoms with Crippen molar-refractivity contribution in [3.05, 3.63) is 102 Å². The van der Waals surface area contributed by atoms with Gasteiger partial charge < -0.3 is 24.4 Å². The van der Waals surface area contributed by atoms with Crippen LogP contribution >= 0.6 is 0 Å². The summed E-state index contributed by atoms with van der Waals surface area (Å²) in [6.45, 7) is 6.80. The maximum Gasteiger partial charge on any atom is 0.268 e. The Bertz CT molecular complexity index is 1750. The quantitative estimate of drug-likeness (QED) is 0.157. The summed E-state index contributed by atoms with van der Waals surface area (Å²) >= 11 is 0. The number of hydrogen-bond acceptors (Lipinski definition) is 7. The van der Waals surface area contributed by atoms with Gasteiger partial charge in [0.2, 0.25) is 8.41 Å². The summed E-state index contributed by atoms with van der Waals surface area (Å²) in [4.78, 5) is 28.7. The molecule has 0 saturated carbocycles. The van der Waals surface area contributed by atoms with E-state index in [1.165, 1.54) is 6.92 Å². The Morgan fingerprint density at radius 2 is 1.79 bits per heavy atom. The van der Waals surface area contributed by atoms with Crippen molar-refractivity contribution in [3.8, 4) is 0 Å². The summed E-state index contributed by atoms with van der Waals surface area (Å²) in [5.41, 5.74) is 1.69. The van der Waals surface area contributed by atoms with Crippen LogP contribution in [-0.2, 0) is 26.5 Å². The van der Waals surface area contributed by atoms with Crippen LogP contribution in [0.1, 0.15) is 43.0 Å². The van der Waals surface area contributed by atoms with Crippen molar-refractivity contribution < 1.29 is 28.6 Å². The van der Waals surface area contributed by atoms with E-state index in [-0.39, 0.29) is 18.4 Å². The summed E-state index contributed by atoms with van der Waals surface area (Å²) in [5.74, 6) is -1.77. The molecule has 1 fully saturated rings. The topological polar surface area (TPSA) is 130 Å². The van der Waals surface area contributed by atoms with Gasteiger partial charge in [0.15, 0.2) is 5.60 Å². The van der Waals surface area contributed by atoms with Crippen molar-refractivity contribution in [2.75, 3.05) is 16.8 Å². The molecule has 2 aliphatic rings. The van der Waals surface area contributed by atoms with E-state index in [1.54, 1.807) is 47.1 Å². The monoisotopic (exact) mass is 657 g/mol. The zero-order valence-corrected chi connectivity index (χ0v) is 27.9. The minimum atomic E-state index is -3.43. The highest BCUT2D eigenvalue weighted by molar-refractivity contribution is 6.72. The standard InChI is InChI=1S/C35H40FN5O5Si/c1-22-32(47(3,4)36)31(17-18-40-20-29(38-39-40)27(21-42)24-11-7-5-8-12-24)46-35(22)28-19-25(37-33(44)23(2)43)15-16-30(28)41(34(35)45)26-13-9-6-10-14-26/h5-16,19-20,22-23,27,31-32,42-43H,17-18,21H2,1-4H3,(H,37,44)/t22-,23+,27?,31+,32-,35+/m1/s1. The molecule has 3 N–H and O–H groups in total. The van der Waals surface area contributed by atoms with Crippen LogP contribution in [0.25, 0.3) is 0 Å². The Balaban J connectivity index is 1.35. The molecule has 3 aromatic carbocycles. The van der Waals surface area contributed by atoms with Gasteiger partial charge >= 0.3 is 0 Å². The van der Waals surface area contributed by atoms with Crippen LogP contribution in [0.15, 0.2) is 85.1 Å². The summed E-state index contributed by atoms with van der Waals surface area (Å²) in [5, 5.41) is 31.3. The minimum Gasteiger partial charge on any atom is -0.395 e. The molecule has 47 heavy (non-hydrogen) atoms. The summed E-state index contributed by atoms with van der Waals surface area (Å²) in [6, 6.07) is 24.0. The van der Waals surface area contributed by atoms with Gasteiger partial charge in [0.1, 0.15) is 6.10 Å². The Kier molecular flexibility index (Phi) is 8.87. The highest BCUT2D eigenvalue weighted by Crippen LogP contribution is 2.61. The number of aliphatic hydroxyl groups excluding tert-OH is 2. The normalized spacial score (nSPS) is 23.6. The second-order valence-corrected chi connectivity index (χ2v) is 16.8. The highest BCUT2D eigenvalue weighted by atomic mass is 28.4. The average Bonchev–Trinajstić information content (AvgIpc) is 3.70. The number of aromatic nitrogens is 3. The molecule has 10 nitrogen and oxygen atoms in total. The SMILES string of the molecule is C[C@H](O)C(=O)Nc1ccc2c(c1)[C@]1(O[C@@H](CCn3cc(C(CO)c4ccccc4)nn3)[C@H]([Si](C)(C)F)[C@H]1C)C(=O)N2c1ccccc1. The molecule has 3 heterocycles. The molecule has 0 bridgehead atoms. The van der Waals surface area contributed by atoms with Gasteiger partial charge in [-0.25, -0.2) is 0 Å². The number of aryl methyl sites for hydroxylation is 1. The number of aliphatic hydroxyl groups is 2. The molecule has 246 valence electrons. The van der Waals surface area contributed by atoms with Crippen LogP contribution in [0.4, 0.5) is 21.2 Å². The first-order chi connectivity index (χ1) is 22.5. The van der Waals surface area contributed by atoms with Gasteiger partial charge in [-0.2, -0.15) is 0 Å². The van der Waals surface area contributed by atoms with Crippen LogP contribution in [-0.4, -0.2) is 64.2 Å². The van der Waals surface area contributed by atoms with E-state index in [0.717, 1.165) is 5.56 Å². The molecule has 12 heteroatoms. The Hall–Kier alpha value is -4.23. The lowest BCUT2D eigenvalue weighted by Gasteiger charge is -2.31. The van der Waals surface area contributed by atoms with Gasteiger partial charge in [0.05, 0.1) is 30.0 Å². The molecular formula is C35H40FN5O5Si. The molecule has 0 radical (unpaired) electrons. The van der Waals surface area contributed by atoms with Crippen LogP contribution in [0, 0.1) is 5.92 Å². The van der Waals surface area contributed by atoms with Gasteiger partial charge in [-0.15, -0.1) is 5.10 Å². The summed E-state index contributed by atoms with van der Waals surface area (Å²) < 4.78 is 24.9. The number of fused-ring (bicyclic) bond motifs is 2. The number of nitrogens with zero attached hydrogens (tertiary/aromatic N) is 4. The lowest BCUT2D eigenvalue weighted by molar-refractivity contribution is -0.145. The number of amides is 2. The fraction of sp³-hybridized carbons (Fsp3) is 0.371. The number of halogens is 1. The molecule has 1 unspecified atom stereocenters. The second-order valence-electron chi connectivity index (χ2n) is 13.0. The fourth-order valence-electron chi connectivity index (χ4n) is 7.30. The maximum atomic E-state index is 16.4. The second kappa shape index (κ2) is 12.8. The van der Waals surface area contributed by atoms with Gasteiger partial charge in [-0.05, 0) is 62.3 Å². The Morgan fingerprint density at radius 3 is 2.43 bits per heavy atom. The van der Waals surface area contributed by atoms with Crippen LogP contribution in [0.2, 0.25) is 18.6 Å². The number of hydrogen-bond donors (Lipinski definition) is 3. The predicted octanol–water partition coefficient (Wildman–Crippen LogP) is 5.27. The molecule has 6 atom stereocenters. The molecule has 2 amide bonds. The van der Waals surface area contributed by atoms with E-state index in [4.69, 9.17) is 4.74 Å². The molecule has 1 aromatic heterocycles. The van der Waals surface area contributed by atoms with Gasteiger partial charge in [0, 0.05) is 41.1 Å². The van der Waals surface area contributed by atoms with Crippen molar-refractivity contribution in [3.63, 3.8) is 0 Å². The number of rotatable bonds is 10. The third-order valence-electron chi connectivity index (χ3n) is 9.47. The minimum absolute atomic E-state index is 0.128. The summed E-state index contributed by atoms with van der Waals surface area (Å²) in [6.07, 6.45) is 0.321. The molecule has 6 rings (SSSR count). The Morgan fingerprint density at radius 1 is 1.11 bits per heavy atom. The zero-order valence-electron chi connectivity index (χ0n) is 26.9. The number of carbonyl (C=O) groups excluding carboxylic acids is 2. The van der Waals surface area contributed by atoms with E-state index in [1.807, 2.05) is 67.6 Å². The first-order valence-electron chi connectivity index (χ1n) is 15.9. The number of ether oxygens (including phenoxy) is 1. The molecule has 2 aliphatic heterocycles. The van der Waals surface area contributed by atoms with Crippen LogP contribution < -0.4 is 10.2 Å². The lowest BCUT2D eigenvalue weighted by atomic mass is 9.82. The van der Waals surface area contributed by atoms with Crippen LogP contribution in [0.3, 0.4) is 0 Å². The molecular weight excluding hydrogens is 617 g/mol. The largest absolute Gasteiger partial charge is 0.395 e. The maximum absolute atomic E-state index is 16.4. The van der Waals surface area contributed by atoms with Crippen molar-refractivity contribution >= 4 is 37.3 Å². The van der Waals surface area contributed by atoms with E-state index >= 15 is 4.11 Å². The van der Waals surface area contributed by atoms with E-state index < -0.39 is 43.6 Å². The molecule has 1 spiro atoms. The number of nitrogens with one attached hydrogen (secondary N) is 1. The Labute approximate surface area is 274 Å². The van der Waals surface area contributed by atoms with E-state index in [0.29, 0.717) is 41.3 Å². The van der Waals surface area contributed by atoms with Crippen molar-refractivity contribution in [1.29, 1.82) is 0 Å². The van der Waals surface area contributed by atoms with Gasteiger partial charge in [-0.1, -0.05) is 60.7 Å².